The Kier molecular flexibility index (Phi) is 9.33. The number of amides is 1. The van der Waals surface area contributed by atoms with Crippen LogP contribution in [0.5, 0.6) is 5.75 Å². The van der Waals surface area contributed by atoms with Crippen molar-refractivity contribution in [3.63, 3.8) is 0 Å². The van der Waals surface area contributed by atoms with Gasteiger partial charge in [0.25, 0.3) is 0 Å². The Morgan fingerprint density at radius 3 is 2.43 bits per heavy atom. The Morgan fingerprint density at radius 2 is 1.83 bits per heavy atom. The lowest BCUT2D eigenvalue weighted by molar-refractivity contribution is -0.117. The minimum Gasteiger partial charge on any atom is -0.493 e. The predicted molar refractivity (Wildman–Crippen MR) is 140 cm³/mol. The van der Waals surface area contributed by atoms with Crippen LogP contribution in [0.4, 0.5) is 0 Å². The van der Waals surface area contributed by atoms with E-state index < -0.39 is 7.60 Å². The van der Waals surface area contributed by atoms with Gasteiger partial charge in [0.15, 0.2) is 0 Å². The van der Waals surface area contributed by atoms with Gasteiger partial charge in [-0.1, -0.05) is 43.3 Å². The standard InChI is InChI=1S/C27H35N2O5P/c1-5-11-21-25(34-16-10-17-35(31,32-3)33-4)15-14-24-27(21)22(18-26(28)30)23(6-2)29(24)19-20-12-8-7-9-13-20/h5,7-9,12-15H,1,6,10-11,16-19H2,2-4H3,(H2,28,30). The number of hydrogen-bond acceptors (Lipinski definition) is 5. The minimum absolute atomic E-state index is 0.153. The van der Waals surface area contributed by atoms with E-state index in [1.807, 2.05) is 36.4 Å². The van der Waals surface area contributed by atoms with E-state index in [0.717, 1.165) is 34.1 Å². The number of aromatic nitrogens is 1. The lowest BCUT2D eigenvalue weighted by atomic mass is 9.98. The number of hydrogen-bond donors (Lipinski definition) is 1. The van der Waals surface area contributed by atoms with E-state index in [1.54, 1.807) is 0 Å². The van der Waals surface area contributed by atoms with Crippen molar-refractivity contribution in [1.29, 1.82) is 0 Å². The highest BCUT2D eigenvalue weighted by Gasteiger charge is 2.23. The molecular formula is C27H35N2O5P. The fourth-order valence-electron chi connectivity index (χ4n) is 4.53. The van der Waals surface area contributed by atoms with Crippen LogP contribution in [0.3, 0.4) is 0 Å². The fourth-order valence-corrected chi connectivity index (χ4v) is 5.56. The summed E-state index contributed by atoms with van der Waals surface area (Å²) in [5.74, 6) is 0.344. The smallest absolute Gasteiger partial charge is 0.330 e. The monoisotopic (exact) mass is 498 g/mol. The highest BCUT2D eigenvalue weighted by Crippen LogP contribution is 2.46. The first-order chi connectivity index (χ1) is 16.9. The van der Waals surface area contributed by atoms with Gasteiger partial charge in [-0.15, -0.1) is 6.58 Å². The van der Waals surface area contributed by atoms with Gasteiger partial charge in [-0.25, -0.2) is 0 Å². The average Bonchev–Trinajstić information content (AvgIpc) is 3.15. The van der Waals surface area contributed by atoms with Gasteiger partial charge >= 0.3 is 7.60 Å². The second kappa shape index (κ2) is 12.2. The van der Waals surface area contributed by atoms with Gasteiger partial charge in [0, 0.05) is 42.9 Å². The van der Waals surface area contributed by atoms with Crippen LogP contribution in [0.2, 0.25) is 0 Å². The topological polar surface area (TPSA) is 92.8 Å². The number of ether oxygens (including phenoxy) is 1. The van der Waals surface area contributed by atoms with Gasteiger partial charge in [-0.05, 0) is 42.5 Å². The molecule has 8 heteroatoms. The molecule has 0 bridgehead atoms. The average molecular weight is 499 g/mol. The lowest BCUT2D eigenvalue weighted by Gasteiger charge is -2.16. The SMILES string of the molecule is C=CCc1c(OCCCP(=O)(OC)OC)ccc2c1c(CC(N)=O)c(CC)n2Cc1ccccc1. The van der Waals surface area contributed by atoms with Gasteiger partial charge < -0.3 is 24.1 Å². The molecule has 3 rings (SSSR count). The fraction of sp³-hybridized carbons (Fsp3) is 0.370. The van der Waals surface area contributed by atoms with E-state index in [9.17, 15) is 9.36 Å². The molecule has 0 saturated carbocycles. The molecule has 0 aliphatic carbocycles. The van der Waals surface area contributed by atoms with Crippen molar-refractivity contribution < 1.29 is 23.1 Å². The van der Waals surface area contributed by atoms with Gasteiger partial charge in [-0.2, -0.15) is 0 Å². The number of nitrogens with two attached hydrogens (primary N) is 1. The second-order valence-electron chi connectivity index (χ2n) is 8.32. The number of carbonyl (C=O) groups is 1. The van der Waals surface area contributed by atoms with Crippen LogP contribution in [0.25, 0.3) is 10.9 Å². The molecule has 0 saturated heterocycles. The number of carbonyl (C=O) groups excluding carboxylic acids is 1. The van der Waals surface area contributed by atoms with Crippen LogP contribution in [-0.2, 0) is 44.2 Å². The van der Waals surface area contributed by atoms with Gasteiger partial charge in [-0.3, -0.25) is 9.36 Å². The van der Waals surface area contributed by atoms with Crippen molar-refractivity contribution in [3.05, 3.63) is 77.5 Å². The summed E-state index contributed by atoms with van der Waals surface area (Å²) in [4.78, 5) is 12.1. The zero-order valence-electron chi connectivity index (χ0n) is 20.8. The van der Waals surface area contributed by atoms with Crippen LogP contribution in [-0.4, -0.2) is 37.5 Å². The first-order valence-electron chi connectivity index (χ1n) is 11.8. The molecule has 3 aromatic rings. The summed E-state index contributed by atoms with van der Waals surface area (Å²) in [5.41, 5.74) is 10.9. The normalized spacial score (nSPS) is 11.6. The number of allylic oxidation sites excluding steroid dienone is 1. The summed E-state index contributed by atoms with van der Waals surface area (Å²) in [6, 6.07) is 14.2. The van der Waals surface area contributed by atoms with Crippen LogP contribution < -0.4 is 10.5 Å². The zero-order chi connectivity index (χ0) is 25.4. The molecule has 35 heavy (non-hydrogen) atoms. The number of benzene rings is 2. The van der Waals surface area contributed by atoms with Crippen molar-refractivity contribution in [1.82, 2.24) is 4.57 Å². The van der Waals surface area contributed by atoms with Gasteiger partial charge in [0.1, 0.15) is 5.75 Å². The van der Waals surface area contributed by atoms with Crippen LogP contribution in [0.15, 0.2) is 55.1 Å². The molecule has 0 aliphatic rings. The maximum absolute atomic E-state index is 12.3. The highest BCUT2D eigenvalue weighted by atomic mass is 31.2. The van der Waals surface area contributed by atoms with Gasteiger partial charge in [0.05, 0.1) is 19.2 Å². The highest BCUT2D eigenvalue weighted by molar-refractivity contribution is 7.53. The molecule has 0 unspecified atom stereocenters. The molecule has 0 fully saturated rings. The zero-order valence-corrected chi connectivity index (χ0v) is 21.7. The molecule has 188 valence electrons. The molecule has 0 aliphatic heterocycles. The Bertz CT molecular complexity index is 1210. The first-order valence-corrected chi connectivity index (χ1v) is 13.5. The summed E-state index contributed by atoms with van der Waals surface area (Å²) in [7, 11) is -0.318. The first kappa shape index (κ1) is 26.7. The minimum atomic E-state index is -3.08. The summed E-state index contributed by atoms with van der Waals surface area (Å²) < 4.78 is 30.7. The molecule has 7 nitrogen and oxygen atoms in total. The van der Waals surface area contributed by atoms with Crippen LogP contribution >= 0.6 is 7.60 Å². The largest absolute Gasteiger partial charge is 0.493 e. The summed E-state index contributed by atoms with van der Waals surface area (Å²) in [6.45, 7) is 7.07. The summed E-state index contributed by atoms with van der Waals surface area (Å²) >= 11 is 0. The van der Waals surface area contributed by atoms with Gasteiger partial charge in [0.2, 0.25) is 5.91 Å². The van der Waals surface area contributed by atoms with E-state index in [1.165, 1.54) is 19.8 Å². The van der Waals surface area contributed by atoms with Crippen molar-refractivity contribution >= 4 is 24.4 Å². The van der Waals surface area contributed by atoms with E-state index in [4.69, 9.17) is 19.5 Å². The van der Waals surface area contributed by atoms with Crippen molar-refractivity contribution in [2.45, 2.75) is 39.2 Å². The third kappa shape index (κ3) is 6.23. The maximum atomic E-state index is 12.3. The molecule has 0 spiro atoms. The Balaban J connectivity index is 2.06. The van der Waals surface area contributed by atoms with E-state index >= 15 is 0 Å². The third-order valence-corrected chi connectivity index (χ3v) is 8.10. The lowest BCUT2D eigenvalue weighted by Crippen LogP contribution is -2.15. The number of primary amides is 1. The van der Waals surface area contributed by atoms with E-state index in [2.05, 4.69) is 30.2 Å². The van der Waals surface area contributed by atoms with Crippen LogP contribution in [0.1, 0.15) is 35.7 Å². The Hall–Kier alpha value is -2.86. The number of rotatable bonds is 14. The summed E-state index contributed by atoms with van der Waals surface area (Å²) in [5, 5.41) is 0.994. The molecule has 0 atom stereocenters. The maximum Gasteiger partial charge on any atom is 0.330 e. The molecule has 0 radical (unpaired) electrons. The molecule has 1 aromatic heterocycles. The Morgan fingerprint density at radius 1 is 1.11 bits per heavy atom. The third-order valence-electron chi connectivity index (χ3n) is 6.12. The van der Waals surface area contributed by atoms with Crippen molar-refractivity contribution in [2.75, 3.05) is 27.0 Å². The van der Waals surface area contributed by atoms with E-state index in [-0.39, 0.29) is 18.5 Å². The molecule has 2 N–H and O–H groups in total. The summed E-state index contributed by atoms with van der Waals surface area (Å²) in [6.07, 6.45) is 4.09. The number of fused-ring (bicyclic) bond motifs is 1. The predicted octanol–water partition coefficient (Wildman–Crippen LogP) is 5.26. The quantitative estimate of drug-likeness (QED) is 0.186. The number of nitrogens with zero attached hydrogens (tertiary/aromatic N) is 1. The van der Waals surface area contributed by atoms with Crippen molar-refractivity contribution in [3.8, 4) is 5.75 Å². The molecular weight excluding hydrogens is 463 g/mol. The second-order valence-corrected chi connectivity index (χ2v) is 10.7. The molecule has 1 heterocycles. The molecule has 2 aromatic carbocycles. The Labute approximate surface area is 207 Å². The van der Waals surface area contributed by atoms with Crippen LogP contribution in [0, 0.1) is 0 Å². The van der Waals surface area contributed by atoms with E-state index in [0.29, 0.717) is 31.7 Å². The van der Waals surface area contributed by atoms with Crippen molar-refractivity contribution in [2.24, 2.45) is 5.73 Å². The molecule has 1 amide bonds.